The van der Waals surface area contributed by atoms with Crippen molar-refractivity contribution in [1.29, 1.82) is 0 Å². The summed E-state index contributed by atoms with van der Waals surface area (Å²) in [6.45, 7) is 4.33. The number of carbonyl (C=O) groups is 1. The van der Waals surface area contributed by atoms with Crippen LogP contribution in [0.25, 0.3) is 0 Å². The predicted octanol–water partition coefficient (Wildman–Crippen LogP) is 0.609. The maximum atomic E-state index is 11.0. The molecule has 0 aromatic heterocycles. The van der Waals surface area contributed by atoms with Crippen LogP contribution in [0.1, 0.15) is 24.0 Å². The van der Waals surface area contributed by atoms with Gasteiger partial charge < -0.3 is 11.1 Å². The number of carbonyl (C=O) groups excluding carboxylic acids is 1. The highest BCUT2D eigenvalue weighted by molar-refractivity contribution is 5.75. The van der Waals surface area contributed by atoms with Crippen molar-refractivity contribution in [3.8, 4) is 0 Å². The maximum absolute atomic E-state index is 11.0. The van der Waals surface area contributed by atoms with E-state index >= 15 is 0 Å². The Morgan fingerprint density at radius 2 is 2.05 bits per heavy atom. The number of benzene rings is 1. The Morgan fingerprint density at radius 3 is 2.79 bits per heavy atom. The first kappa shape index (κ1) is 12.6. The molecule has 0 atom stereocenters. The zero-order chi connectivity index (χ0) is 13.3. The van der Waals surface area contributed by atoms with Crippen LogP contribution in [0.5, 0.6) is 0 Å². The zero-order valence-corrected chi connectivity index (χ0v) is 11.2. The lowest BCUT2D eigenvalue weighted by Gasteiger charge is -2.45. The van der Waals surface area contributed by atoms with Gasteiger partial charge in [0.15, 0.2) is 0 Å². The molecule has 1 fully saturated rings. The summed E-state index contributed by atoms with van der Waals surface area (Å²) in [6.07, 6.45) is 2.20. The van der Waals surface area contributed by atoms with Gasteiger partial charge >= 0.3 is 0 Å². The van der Waals surface area contributed by atoms with Crippen molar-refractivity contribution < 1.29 is 4.79 Å². The van der Waals surface area contributed by atoms with Gasteiger partial charge in [-0.3, -0.25) is 9.69 Å². The summed E-state index contributed by atoms with van der Waals surface area (Å²) in [5, 5.41) is 3.55. The van der Waals surface area contributed by atoms with Gasteiger partial charge in [0.05, 0.1) is 6.54 Å². The number of primary amides is 1. The average Bonchev–Trinajstić information content (AvgIpc) is 2.42. The predicted molar refractivity (Wildman–Crippen MR) is 74.7 cm³/mol. The molecule has 0 bridgehead atoms. The summed E-state index contributed by atoms with van der Waals surface area (Å²) in [7, 11) is 0. The molecule has 1 aromatic carbocycles. The summed E-state index contributed by atoms with van der Waals surface area (Å²) in [5.41, 5.74) is 8.46. The molecule has 1 aromatic rings. The van der Waals surface area contributed by atoms with Crippen molar-refractivity contribution in [1.82, 2.24) is 10.2 Å². The number of fused-ring (bicyclic) bond motifs is 2. The summed E-state index contributed by atoms with van der Waals surface area (Å²) in [4.78, 5) is 13.2. The van der Waals surface area contributed by atoms with Gasteiger partial charge in [0.1, 0.15) is 0 Å². The van der Waals surface area contributed by atoms with Crippen molar-refractivity contribution in [2.75, 3.05) is 26.2 Å². The summed E-state index contributed by atoms with van der Waals surface area (Å²) in [6, 6.07) is 8.75. The summed E-state index contributed by atoms with van der Waals surface area (Å²) >= 11 is 0. The number of likely N-dealkylation sites (tertiary alicyclic amines) is 1. The highest BCUT2D eigenvalue weighted by Gasteiger charge is 2.39. The smallest absolute Gasteiger partial charge is 0.231 e. The maximum Gasteiger partial charge on any atom is 0.231 e. The molecule has 4 nitrogen and oxygen atoms in total. The van der Waals surface area contributed by atoms with Crippen molar-refractivity contribution in [3.05, 3.63) is 35.4 Å². The Labute approximate surface area is 114 Å². The van der Waals surface area contributed by atoms with Crippen LogP contribution < -0.4 is 11.1 Å². The highest BCUT2D eigenvalue weighted by atomic mass is 16.1. The fourth-order valence-electron chi connectivity index (χ4n) is 3.53. The van der Waals surface area contributed by atoms with E-state index in [9.17, 15) is 4.79 Å². The Bertz CT molecular complexity index is 478. The molecular weight excluding hydrogens is 238 g/mol. The van der Waals surface area contributed by atoms with Gasteiger partial charge in [0.2, 0.25) is 5.91 Å². The molecule has 2 heterocycles. The van der Waals surface area contributed by atoms with Crippen molar-refractivity contribution in [3.63, 3.8) is 0 Å². The molecule has 1 saturated heterocycles. The fraction of sp³-hybridized carbons (Fsp3) is 0.533. The van der Waals surface area contributed by atoms with Crippen LogP contribution in [-0.2, 0) is 16.8 Å². The molecule has 2 aliphatic heterocycles. The van der Waals surface area contributed by atoms with E-state index in [2.05, 4.69) is 34.5 Å². The average molecular weight is 259 g/mol. The molecule has 0 aliphatic carbocycles. The van der Waals surface area contributed by atoms with Crippen LogP contribution in [0.3, 0.4) is 0 Å². The van der Waals surface area contributed by atoms with Gasteiger partial charge in [-0.05, 0) is 37.1 Å². The quantitative estimate of drug-likeness (QED) is 0.818. The van der Waals surface area contributed by atoms with Gasteiger partial charge in [-0.25, -0.2) is 0 Å². The SMILES string of the molecule is NC(=O)CN1CCC2(CC1)CNCc1ccccc12. The van der Waals surface area contributed by atoms with Gasteiger partial charge in [0, 0.05) is 18.5 Å². The molecule has 3 N–H and O–H groups in total. The fourth-order valence-corrected chi connectivity index (χ4v) is 3.53. The number of hydrogen-bond donors (Lipinski definition) is 2. The number of nitrogens with zero attached hydrogens (tertiary/aromatic N) is 1. The lowest BCUT2D eigenvalue weighted by atomic mass is 9.69. The topological polar surface area (TPSA) is 58.4 Å². The lowest BCUT2D eigenvalue weighted by Crippen LogP contribution is -2.51. The van der Waals surface area contributed by atoms with Crippen LogP contribution in [0, 0.1) is 0 Å². The van der Waals surface area contributed by atoms with E-state index in [4.69, 9.17) is 5.73 Å². The molecule has 2 aliphatic rings. The minimum atomic E-state index is -0.224. The lowest BCUT2D eigenvalue weighted by molar-refractivity contribution is -0.119. The number of piperidine rings is 1. The first-order chi connectivity index (χ1) is 9.20. The molecular formula is C15H21N3O. The van der Waals surface area contributed by atoms with Crippen LogP contribution in [0.4, 0.5) is 0 Å². The number of nitrogens with two attached hydrogens (primary N) is 1. The summed E-state index contributed by atoms with van der Waals surface area (Å²) in [5.74, 6) is -0.224. The van der Waals surface area contributed by atoms with Crippen LogP contribution in [-0.4, -0.2) is 37.0 Å². The van der Waals surface area contributed by atoms with Crippen molar-refractivity contribution in [2.45, 2.75) is 24.8 Å². The molecule has 102 valence electrons. The normalized spacial score (nSPS) is 22.1. The third-order valence-electron chi connectivity index (χ3n) is 4.56. The van der Waals surface area contributed by atoms with E-state index < -0.39 is 0 Å². The van der Waals surface area contributed by atoms with Crippen LogP contribution in [0.2, 0.25) is 0 Å². The highest BCUT2D eigenvalue weighted by Crippen LogP contribution is 2.38. The third kappa shape index (κ3) is 2.38. The second-order valence-corrected chi connectivity index (χ2v) is 5.78. The second-order valence-electron chi connectivity index (χ2n) is 5.78. The third-order valence-corrected chi connectivity index (χ3v) is 4.56. The van der Waals surface area contributed by atoms with Crippen molar-refractivity contribution >= 4 is 5.91 Å². The summed E-state index contributed by atoms with van der Waals surface area (Å²) < 4.78 is 0. The van der Waals surface area contributed by atoms with E-state index in [1.807, 2.05) is 0 Å². The molecule has 0 saturated carbocycles. The zero-order valence-electron chi connectivity index (χ0n) is 11.2. The Kier molecular flexibility index (Phi) is 3.29. The van der Waals surface area contributed by atoms with Gasteiger partial charge in [-0.2, -0.15) is 0 Å². The Hall–Kier alpha value is -1.39. The van der Waals surface area contributed by atoms with Gasteiger partial charge in [0.25, 0.3) is 0 Å². The Balaban J connectivity index is 1.78. The van der Waals surface area contributed by atoms with Crippen molar-refractivity contribution in [2.24, 2.45) is 5.73 Å². The van der Waals surface area contributed by atoms with Crippen LogP contribution >= 0.6 is 0 Å². The minimum absolute atomic E-state index is 0.224. The number of nitrogens with one attached hydrogen (secondary N) is 1. The minimum Gasteiger partial charge on any atom is -0.369 e. The number of hydrogen-bond acceptors (Lipinski definition) is 3. The first-order valence-corrected chi connectivity index (χ1v) is 6.99. The van der Waals surface area contributed by atoms with Gasteiger partial charge in [-0.15, -0.1) is 0 Å². The first-order valence-electron chi connectivity index (χ1n) is 6.99. The monoisotopic (exact) mass is 259 g/mol. The molecule has 3 rings (SSSR count). The Morgan fingerprint density at radius 1 is 1.32 bits per heavy atom. The van der Waals surface area contributed by atoms with Crippen LogP contribution in [0.15, 0.2) is 24.3 Å². The standard InChI is InChI=1S/C15H21N3O/c16-14(19)10-18-7-5-15(6-8-18)11-17-9-12-3-1-2-4-13(12)15/h1-4,17H,5-11H2,(H2,16,19). The molecule has 1 amide bonds. The van der Waals surface area contributed by atoms with Gasteiger partial charge in [-0.1, -0.05) is 24.3 Å². The van der Waals surface area contributed by atoms with E-state index in [1.54, 1.807) is 0 Å². The van der Waals surface area contributed by atoms with E-state index in [1.165, 1.54) is 11.1 Å². The molecule has 4 heteroatoms. The number of amides is 1. The molecule has 19 heavy (non-hydrogen) atoms. The number of rotatable bonds is 2. The molecule has 0 radical (unpaired) electrons. The van der Waals surface area contributed by atoms with E-state index in [-0.39, 0.29) is 11.3 Å². The second kappa shape index (κ2) is 4.94. The van der Waals surface area contributed by atoms with E-state index in [0.29, 0.717) is 6.54 Å². The molecule has 1 spiro atoms. The van der Waals surface area contributed by atoms with E-state index in [0.717, 1.165) is 39.0 Å². The largest absolute Gasteiger partial charge is 0.369 e. The molecule has 0 unspecified atom stereocenters.